The molecule has 4 nitrogen and oxygen atoms in total. The predicted octanol–water partition coefficient (Wildman–Crippen LogP) is 7.70. The summed E-state index contributed by atoms with van der Waals surface area (Å²) in [5, 5.41) is 0. The van der Waals surface area contributed by atoms with E-state index in [0.29, 0.717) is 17.4 Å². The summed E-state index contributed by atoms with van der Waals surface area (Å²) in [7, 11) is 0. The first-order valence-electron chi connectivity index (χ1n) is 12.6. The Labute approximate surface area is 205 Å². The normalized spacial score (nSPS) is 18.9. The van der Waals surface area contributed by atoms with Crippen molar-refractivity contribution in [3.05, 3.63) is 0 Å². The van der Waals surface area contributed by atoms with Crippen molar-refractivity contribution in [2.75, 3.05) is 11.5 Å². The first-order valence-corrected chi connectivity index (χ1v) is 21.0. The Hall–Kier alpha value is 0.439. The molecule has 1 fully saturated rings. The van der Waals surface area contributed by atoms with Crippen LogP contribution in [0.4, 0.5) is 0 Å². The Morgan fingerprint density at radius 2 is 1.35 bits per heavy atom. The average Bonchev–Trinajstić information content (AvgIpc) is 2.71. The van der Waals surface area contributed by atoms with Crippen LogP contribution in [0.1, 0.15) is 105 Å². The van der Waals surface area contributed by atoms with Crippen molar-refractivity contribution in [2.45, 2.75) is 118 Å². The monoisotopic (exact) mass is 582 g/mol. The summed E-state index contributed by atoms with van der Waals surface area (Å²) < 4.78 is 14.2. The van der Waals surface area contributed by atoms with Gasteiger partial charge in [0.15, 0.2) is 0 Å². The van der Waals surface area contributed by atoms with Gasteiger partial charge in [0.2, 0.25) is 0 Å². The van der Waals surface area contributed by atoms with E-state index in [1.165, 1.54) is 32.1 Å². The Kier molecular flexibility index (Phi) is 17.0. The fourth-order valence-corrected chi connectivity index (χ4v) is 16.5. The van der Waals surface area contributed by atoms with Crippen molar-refractivity contribution in [2.24, 2.45) is 5.92 Å². The molecule has 0 aromatic rings. The van der Waals surface area contributed by atoms with Crippen LogP contribution in [0.5, 0.6) is 0 Å². The maximum absolute atomic E-state index is 12.7. The summed E-state index contributed by atoms with van der Waals surface area (Å²) in [6, 6.07) is 0. The van der Waals surface area contributed by atoms with Crippen LogP contribution >= 0.6 is 23.5 Å². The van der Waals surface area contributed by atoms with Crippen molar-refractivity contribution in [1.82, 2.24) is 0 Å². The van der Waals surface area contributed by atoms with Crippen LogP contribution in [0.3, 0.4) is 0 Å². The molecule has 0 spiro atoms. The van der Waals surface area contributed by atoms with Gasteiger partial charge >= 0.3 is 186 Å². The molecule has 0 aliphatic carbocycles. The van der Waals surface area contributed by atoms with Crippen LogP contribution in [0, 0.1) is 5.92 Å². The maximum atomic E-state index is 12.7. The molecule has 1 rings (SSSR count). The van der Waals surface area contributed by atoms with Gasteiger partial charge in [-0.25, -0.2) is 0 Å². The van der Waals surface area contributed by atoms with Gasteiger partial charge in [-0.3, -0.25) is 0 Å². The summed E-state index contributed by atoms with van der Waals surface area (Å²) in [6.45, 7) is 8.84. The van der Waals surface area contributed by atoms with Crippen molar-refractivity contribution in [3.63, 3.8) is 0 Å². The second kappa shape index (κ2) is 17.9. The van der Waals surface area contributed by atoms with E-state index in [0.717, 1.165) is 58.4 Å². The summed E-state index contributed by atoms with van der Waals surface area (Å²) >= 11 is 0.0645. The summed E-state index contributed by atoms with van der Waals surface area (Å²) in [5.74, 6) is 2.13. The van der Waals surface area contributed by atoms with Gasteiger partial charge in [0.25, 0.3) is 0 Å². The second-order valence-electron chi connectivity index (χ2n) is 9.12. The number of hydrogen-bond acceptors (Lipinski definition) is 6. The quantitative estimate of drug-likeness (QED) is 0.164. The van der Waals surface area contributed by atoms with E-state index in [1.807, 2.05) is 23.5 Å². The molecule has 0 N–H and O–H groups in total. The Morgan fingerprint density at radius 1 is 0.839 bits per heavy atom. The Morgan fingerprint density at radius 3 is 1.84 bits per heavy atom. The van der Waals surface area contributed by atoms with Gasteiger partial charge < -0.3 is 0 Å². The zero-order valence-corrected chi connectivity index (χ0v) is 24.9. The molecular weight excluding hydrogens is 535 g/mol. The Balaban J connectivity index is 2.60. The summed E-state index contributed by atoms with van der Waals surface area (Å²) in [5.41, 5.74) is 0. The third kappa shape index (κ3) is 14.3. The SMILES string of the molecule is CCC[CH2][Sn]1([CH2]CCC)[O]C(=O)CCSC(CCCCCCC(C)C)SCCC(=O)[O]1. The molecule has 0 atom stereocenters. The van der Waals surface area contributed by atoms with Crippen LogP contribution in [-0.4, -0.2) is 47.2 Å². The molecule has 0 saturated carbocycles. The molecule has 182 valence electrons. The van der Waals surface area contributed by atoms with Gasteiger partial charge in [-0.15, -0.1) is 0 Å². The standard InChI is InChI=1S/C16H30O4S2.2C4H9.Sn/c1-13(2)7-5-3-4-6-8-16(21-11-9-14(17)18)22-12-10-15(19)20;2*1-3-4-2;/h13,16H,3-12H2,1-2H3,(H,17,18)(H,19,20);2*1,3-4H2,2H3;/q;;;+2/p-2. The molecule has 0 unspecified atom stereocenters. The molecular formula is C24H46O4S2Sn. The molecule has 0 aromatic heterocycles. The molecule has 0 aromatic carbocycles. The van der Waals surface area contributed by atoms with Gasteiger partial charge in [0.1, 0.15) is 0 Å². The van der Waals surface area contributed by atoms with E-state index in [1.54, 1.807) is 0 Å². The second-order valence-corrected chi connectivity index (χ2v) is 21.3. The van der Waals surface area contributed by atoms with Crippen molar-refractivity contribution in [1.29, 1.82) is 0 Å². The summed E-state index contributed by atoms with van der Waals surface area (Å²) in [4.78, 5) is 25.3. The number of thioether (sulfide) groups is 2. The zero-order chi connectivity index (χ0) is 23.0. The number of carbonyl (C=O) groups excluding carboxylic acids is 2. The third-order valence-corrected chi connectivity index (χ3v) is 18.3. The Bertz CT molecular complexity index is 468. The fraction of sp³-hybridized carbons (Fsp3) is 0.917. The molecule has 0 bridgehead atoms. The van der Waals surface area contributed by atoms with Gasteiger partial charge in [-0.1, -0.05) is 13.8 Å². The first-order chi connectivity index (χ1) is 14.9. The zero-order valence-electron chi connectivity index (χ0n) is 20.4. The average molecular weight is 581 g/mol. The molecule has 1 heterocycles. The molecule has 0 radical (unpaired) electrons. The van der Waals surface area contributed by atoms with Gasteiger partial charge in [0, 0.05) is 0 Å². The summed E-state index contributed by atoms with van der Waals surface area (Å²) in [6.07, 6.45) is 12.5. The van der Waals surface area contributed by atoms with E-state index in [4.69, 9.17) is 6.15 Å². The topological polar surface area (TPSA) is 52.6 Å². The first kappa shape index (κ1) is 29.5. The van der Waals surface area contributed by atoms with Crippen LogP contribution in [0.25, 0.3) is 0 Å². The number of unbranched alkanes of at least 4 members (excludes halogenated alkanes) is 5. The fourth-order valence-electron chi connectivity index (χ4n) is 3.74. The van der Waals surface area contributed by atoms with Crippen molar-refractivity contribution >= 4 is 54.7 Å². The number of hydrogen-bond donors (Lipinski definition) is 0. The van der Waals surface area contributed by atoms with Crippen molar-refractivity contribution in [3.8, 4) is 0 Å². The van der Waals surface area contributed by atoms with Gasteiger partial charge in [0.05, 0.1) is 0 Å². The molecule has 31 heavy (non-hydrogen) atoms. The van der Waals surface area contributed by atoms with E-state index in [9.17, 15) is 9.59 Å². The molecule has 1 aliphatic heterocycles. The van der Waals surface area contributed by atoms with Gasteiger partial charge in [-0.05, 0) is 5.92 Å². The number of carbonyl (C=O) groups is 2. The molecule has 1 saturated heterocycles. The molecule has 7 heteroatoms. The predicted molar refractivity (Wildman–Crippen MR) is 138 cm³/mol. The minimum atomic E-state index is -3.69. The van der Waals surface area contributed by atoms with Crippen LogP contribution in [0.2, 0.25) is 8.87 Å². The third-order valence-electron chi connectivity index (χ3n) is 5.61. The van der Waals surface area contributed by atoms with Crippen LogP contribution < -0.4 is 0 Å². The molecule has 0 amide bonds. The number of rotatable bonds is 13. The molecule has 1 aliphatic rings. The minimum absolute atomic E-state index is 0.138. The van der Waals surface area contributed by atoms with E-state index in [-0.39, 0.29) is 11.9 Å². The van der Waals surface area contributed by atoms with E-state index < -0.39 is 19.2 Å². The van der Waals surface area contributed by atoms with Crippen molar-refractivity contribution < 1.29 is 15.7 Å². The van der Waals surface area contributed by atoms with Crippen LogP contribution in [-0.2, 0) is 15.7 Å². The van der Waals surface area contributed by atoms with Crippen LogP contribution in [0.15, 0.2) is 0 Å². The van der Waals surface area contributed by atoms with E-state index >= 15 is 0 Å². The van der Waals surface area contributed by atoms with E-state index in [2.05, 4.69) is 27.7 Å². The van der Waals surface area contributed by atoms with Gasteiger partial charge in [-0.2, -0.15) is 0 Å².